The molecule has 3 aromatic rings. The van der Waals surface area contributed by atoms with Crippen LogP contribution in [0.1, 0.15) is 29.9 Å². The van der Waals surface area contributed by atoms with Gasteiger partial charge in [-0.25, -0.2) is 8.78 Å². The summed E-state index contributed by atoms with van der Waals surface area (Å²) in [5, 5.41) is 5.43. The molecule has 2 saturated heterocycles. The van der Waals surface area contributed by atoms with Crippen molar-refractivity contribution in [1.82, 2.24) is 4.90 Å². The second-order valence-corrected chi connectivity index (χ2v) is 10.2. The van der Waals surface area contributed by atoms with Gasteiger partial charge in [0.25, 0.3) is 0 Å². The number of benzene rings is 3. The van der Waals surface area contributed by atoms with Crippen molar-refractivity contribution in [2.75, 3.05) is 42.7 Å². The molecule has 9 heteroatoms. The van der Waals surface area contributed by atoms with Crippen LogP contribution in [-0.4, -0.2) is 49.1 Å². The van der Waals surface area contributed by atoms with Gasteiger partial charge in [0.2, 0.25) is 11.8 Å². The Morgan fingerprint density at radius 3 is 2.40 bits per heavy atom. The first-order valence-corrected chi connectivity index (χ1v) is 13.4. The van der Waals surface area contributed by atoms with E-state index >= 15 is 0 Å². The molecule has 208 valence electrons. The predicted octanol–water partition coefficient (Wildman–Crippen LogP) is 5.03. The monoisotopic (exact) mass is 546 g/mol. The van der Waals surface area contributed by atoms with Crippen LogP contribution in [-0.2, 0) is 14.3 Å². The fraction of sp³-hybridized carbons (Fsp3) is 0.290. The molecule has 2 amide bonds. The Labute approximate surface area is 232 Å². The summed E-state index contributed by atoms with van der Waals surface area (Å²) in [6.45, 7) is 2.60. The number of carbonyl (C=O) groups excluding carboxylic acids is 2. The lowest BCUT2D eigenvalue weighted by atomic mass is 9.88. The summed E-state index contributed by atoms with van der Waals surface area (Å²) in [6, 6.07) is 18.2. The van der Waals surface area contributed by atoms with E-state index in [1.807, 2.05) is 24.3 Å². The number of nitrogens with two attached hydrogens (primary N) is 1. The van der Waals surface area contributed by atoms with Crippen LogP contribution < -0.4 is 16.4 Å². The van der Waals surface area contributed by atoms with Gasteiger partial charge in [0, 0.05) is 50.4 Å². The first kappa shape index (κ1) is 27.5. The molecule has 0 aliphatic carbocycles. The second-order valence-electron chi connectivity index (χ2n) is 10.2. The Hall–Kier alpha value is -4.08. The van der Waals surface area contributed by atoms with Crippen molar-refractivity contribution >= 4 is 35.0 Å². The summed E-state index contributed by atoms with van der Waals surface area (Å²) in [5.74, 6) is -2.64. The summed E-state index contributed by atoms with van der Waals surface area (Å²) in [4.78, 5) is 28.1. The lowest BCUT2D eigenvalue weighted by Gasteiger charge is -2.31. The second kappa shape index (κ2) is 12.4. The normalized spacial score (nSPS) is 20.1. The molecule has 2 unspecified atom stereocenters. The molecule has 5 rings (SSSR count). The van der Waals surface area contributed by atoms with Gasteiger partial charge in [0.1, 0.15) is 11.6 Å². The predicted molar refractivity (Wildman–Crippen MR) is 152 cm³/mol. The summed E-state index contributed by atoms with van der Waals surface area (Å²) < 4.78 is 33.2. The zero-order valence-electron chi connectivity index (χ0n) is 22.0. The smallest absolute Gasteiger partial charge is 0.248 e. The maximum absolute atomic E-state index is 14.3. The Bertz CT molecular complexity index is 1390. The summed E-state index contributed by atoms with van der Waals surface area (Å²) in [6.07, 6.45) is 4.95. The number of rotatable bonds is 7. The third-order valence-corrected chi connectivity index (χ3v) is 7.59. The average Bonchev–Trinajstić information content (AvgIpc) is 3.41. The number of hydrogen-bond acceptors (Lipinski definition) is 5. The summed E-state index contributed by atoms with van der Waals surface area (Å²) in [5.41, 5.74) is 8.69. The van der Waals surface area contributed by atoms with Crippen LogP contribution in [0.4, 0.5) is 25.8 Å². The molecule has 3 aromatic carbocycles. The first-order valence-electron chi connectivity index (χ1n) is 13.4. The highest BCUT2D eigenvalue weighted by Crippen LogP contribution is 2.36. The first-order chi connectivity index (χ1) is 19.4. The van der Waals surface area contributed by atoms with Gasteiger partial charge in [-0.15, -0.1) is 0 Å². The molecule has 2 aliphatic heterocycles. The number of nitrogen functional groups attached to an aromatic ring is 1. The Kier molecular flexibility index (Phi) is 8.52. The third kappa shape index (κ3) is 6.55. The van der Waals surface area contributed by atoms with Gasteiger partial charge in [-0.1, -0.05) is 36.4 Å². The maximum Gasteiger partial charge on any atom is 0.248 e. The Morgan fingerprint density at radius 2 is 1.68 bits per heavy atom. The molecule has 0 spiro atoms. The molecule has 0 radical (unpaired) electrons. The molecule has 4 N–H and O–H groups in total. The SMILES string of the molecule is Nc1ccccc1NC(=O)C=Cc1ccc(C2CN(C3CCOCC3)CC2C(=O)Nc2ccc(F)cc2F)cc1. The van der Waals surface area contributed by atoms with Gasteiger partial charge in [-0.3, -0.25) is 14.5 Å². The molecule has 7 nitrogen and oxygen atoms in total. The molecule has 2 heterocycles. The number of anilines is 3. The van der Waals surface area contributed by atoms with E-state index in [4.69, 9.17) is 10.5 Å². The van der Waals surface area contributed by atoms with Crippen molar-refractivity contribution in [3.63, 3.8) is 0 Å². The fourth-order valence-electron chi connectivity index (χ4n) is 5.41. The molecule has 2 aliphatic rings. The number of ether oxygens (including phenoxy) is 1. The van der Waals surface area contributed by atoms with E-state index in [9.17, 15) is 18.4 Å². The van der Waals surface area contributed by atoms with E-state index in [0.29, 0.717) is 43.7 Å². The third-order valence-electron chi connectivity index (χ3n) is 7.59. The molecule has 0 saturated carbocycles. The molecule has 0 bridgehead atoms. The Balaban J connectivity index is 1.30. The number of para-hydroxylation sites is 2. The van der Waals surface area contributed by atoms with Gasteiger partial charge >= 0.3 is 0 Å². The highest BCUT2D eigenvalue weighted by Gasteiger charge is 2.41. The summed E-state index contributed by atoms with van der Waals surface area (Å²) in [7, 11) is 0. The molecular weight excluding hydrogens is 514 g/mol. The van der Waals surface area contributed by atoms with Crippen molar-refractivity contribution in [2.45, 2.75) is 24.8 Å². The number of carbonyl (C=O) groups is 2. The van der Waals surface area contributed by atoms with Crippen LogP contribution in [0.15, 0.2) is 72.8 Å². The van der Waals surface area contributed by atoms with E-state index in [-0.39, 0.29) is 23.4 Å². The van der Waals surface area contributed by atoms with Crippen molar-refractivity contribution in [3.8, 4) is 0 Å². The standard InChI is InChI=1S/C31H32F2N4O3/c32-22-10-11-28(26(33)17-22)36-31(39)25-19-37(23-13-15-40-16-14-23)18-24(25)21-8-5-20(6-9-21)7-12-30(38)35-29-4-2-1-3-27(29)34/h1-12,17,23-25H,13-16,18-19,34H2,(H,35,38)(H,36,39). The number of nitrogens with one attached hydrogen (secondary N) is 2. The van der Waals surface area contributed by atoms with Crippen LogP contribution >= 0.6 is 0 Å². The van der Waals surface area contributed by atoms with E-state index in [0.717, 1.165) is 36.1 Å². The van der Waals surface area contributed by atoms with Gasteiger partial charge in [0.05, 0.1) is 23.0 Å². The van der Waals surface area contributed by atoms with E-state index in [2.05, 4.69) is 15.5 Å². The van der Waals surface area contributed by atoms with Crippen LogP contribution in [0.2, 0.25) is 0 Å². The average molecular weight is 547 g/mol. The van der Waals surface area contributed by atoms with E-state index in [1.54, 1.807) is 30.3 Å². The quantitative estimate of drug-likeness (QED) is 0.285. The topological polar surface area (TPSA) is 96.7 Å². The van der Waals surface area contributed by atoms with Crippen LogP contribution in [0, 0.1) is 17.6 Å². The molecular formula is C31H32F2N4O3. The number of likely N-dealkylation sites (tertiary alicyclic amines) is 1. The van der Waals surface area contributed by atoms with E-state index in [1.165, 1.54) is 12.1 Å². The largest absolute Gasteiger partial charge is 0.397 e. The highest BCUT2D eigenvalue weighted by atomic mass is 19.1. The maximum atomic E-state index is 14.3. The van der Waals surface area contributed by atoms with Crippen LogP contribution in [0.5, 0.6) is 0 Å². The molecule has 2 atom stereocenters. The zero-order chi connectivity index (χ0) is 28.1. The summed E-state index contributed by atoms with van der Waals surface area (Å²) >= 11 is 0. The Morgan fingerprint density at radius 1 is 0.925 bits per heavy atom. The molecule has 2 fully saturated rings. The van der Waals surface area contributed by atoms with Crippen molar-refractivity contribution in [1.29, 1.82) is 0 Å². The van der Waals surface area contributed by atoms with Gasteiger partial charge in [0.15, 0.2) is 0 Å². The lowest BCUT2D eigenvalue weighted by Crippen LogP contribution is -2.38. The minimum absolute atomic E-state index is 0.0364. The van der Waals surface area contributed by atoms with Crippen LogP contribution in [0.25, 0.3) is 6.08 Å². The zero-order valence-corrected chi connectivity index (χ0v) is 22.0. The minimum Gasteiger partial charge on any atom is -0.397 e. The van der Waals surface area contributed by atoms with Gasteiger partial charge in [-0.05, 0) is 54.3 Å². The number of hydrogen-bond donors (Lipinski definition) is 3. The number of nitrogens with zero attached hydrogens (tertiary/aromatic N) is 1. The van der Waals surface area contributed by atoms with Crippen molar-refractivity contribution in [2.24, 2.45) is 5.92 Å². The molecule has 40 heavy (non-hydrogen) atoms. The molecule has 0 aromatic heterocycles. The number of amides is 2. The van der Waals surface area contributed by atoms with Crippen molar-refractivity contribution in [3.05, 3.63) is 95.6 Å². The minimum atomic E-state index is -0.806. The van der Waals surface area contributed by atoms with Crippen molar-refractivity contribution < 1.29 is 23.1 Å². The lowest BCUT2D eigenvalue weighted by molar-refractivity contribution is -0.120. The fourth-order valence-corrected chi connectivity index (χ4v) is 5.41. The number of halogens is 2. The highest BCUT2D eigenvalue weighted by molar-refractivity contribution is 6.03. The van der Waals surface area contributed by atoms with Gasteiger partial charge in [-0.2, -0.15) is 0 Å². The van der Waals surface area contributed by atoms with Gasteiger partial charge < -0.3 is 21.1 Å². The van der Waals surface area contributed by atoms with E-state index < -0.39 is 17.6 Å². The van der Waals surface area contributed by atoms with Crippen LogP contribution in [0.3, 0.4) is 0 Å².